The van der Waals surface area contributed by atoms with Crippen molar-refractivity contribution in [3.8, 4) is 11.5 Å². The molecule has 0 atom stereocenters. The van der Waals surface area contributed by atoms with Gasteiger partial charge in [-0.15, -0.1) is 0 Å². The zero-order valence-corrected chi connectivity index (χ0v) is 18.0. The van der Waals surface area contributed by atoms with Crippen LogP contribution in [0.4, 0.5) is 4.79 Å². The molecule has 0 saturated carbocycles. The highest BCUT2D eigenvalue weighted by atomic mass is 32.2. The lowest BCUT2D eigenvalue weighted by Crippen LogP contribution is -2.36. The largest absolute Gasteiger partial charge is 0.496 e. The summed E-state index contributed by atoms with van der Waals surface area (Å²) >= 11 is 1.06. The average Bonchev–Trinajstić information content (AvgIpc) is 3.26. The zero-order chi connectivity index (χ0) is 22.3. The van der Waals surface area contributed by atoms with Crippen LogP contribution in [-0.4, -0.2) is 19.0 Å². The molecular formula is C24H20N2O5S. The van der Waals surface area contributed by atoms with Gasteiger partial charge in [-0.2, -0.15) is 0 Å². The van der Waals surface area contributed by atoms with Gasteiger partial charge in [0.2, 0.25) is 0 Å². The van der Waals surface area contributed by atoms with Crippen LogP contribution >= 0.6 is 11.9 Å². The number of carbonyl (C=O) groups is 2. The van der Waals surface area contributed by atoms with Gasteiger partial charge in [-0.25, -0.2) is 4.79 Å². The normalized spacial score (nSPS) is 10.5. The number of imide groups is 1. The molecule has 0 radical (unpaired) electrons. The minimum atomic E-state index is -0.652. The summed E-state index contributed by atoms with van der Waals surface area (Å²) in [6, 6.07) is 23.1. The fraction of sp³-hybridized carbons (Fsp3) is 0.0833. The van der Waals surface area contributed by atoms with Crippen LogP contribution in [0.3, 0.4) is 0 Å². The average molecular weight is 449 g/mol. The maximum Gasteiger partial charge on any atom is 0.332 e. The summed E-state index contributed by atoms with van der Waals surface area (Å²) in [7, 11) is 1.62. The molecule has 0 aliphatic heterocycles. The molecule has 8 heteroatoms. The van der Waals surface area contributed by atoms with Crippen molar-refractivity contribution < 1.29 is 23.5 Å². The Morgan fingerprint density at radius 1 is 0.969 bits per heavy atom. The third kappa shape index (κ3) is 5.22. The first kappa shape index (κ1) is 21.3. The van der Waals surface area contributed by atoms with E-state index in [2.05, 4.69) is 10.0 Å². The summed E-state index contributed by atoms with van der Waals surface area (Å²) in [5.74, 6) is 0.846. The van der Waals surface area contributed by atoms with Crippen LogP contribution < -0.4 is 19.5 Å². The number of hydrogen-bond donors (Lipinski definition) is 2. The second-order valence-electron chi connectivity index (χ2n) is 6.71. The molecule has 4 rings (SSSR count). The van der Waals surface area contributed by atoms with E-state index in [0.717, 1.165) is 33.5 Å². The number of benzene rings is 3. The van der Waals surface area contributed by atoms with Crippen molar-refractivity contribution in [3.05, 3.63) is 90.2 Å². The SMILES string of the molecule is COc1ccccc1COc1cccc(SNC(=O)NC(=O)c2cc3ccccc3o2)c1. The van der Waals surface area contributed by atoms with Crippen molar-refractivity contribution in [2.75, 3.05) is 7.11 Å². The van der Waals surface area contributed by atoms with Crippen molar-refractivity contribution in [2.45, 2.75) is 11.5 Å². The van der Waals surface area contributed by atoms with Crippen LogP contribution in [0.2, 0.25) is 0 Å². The maximum absolute atomic E-state index is 12.3. The highest BCUT2D eigenvalue weighted by Crippen LogP contribution is 2.24. The number of para-hydroxylation sites is 2. The van der Waals surface area contributed by atoms with Crippen LogP contribution in [0.1, 0.15) is 16.1 Å². The molecule has 7 nitrogen and oxygen atoms in total. The van der Waals surface area contributed by atoms with Crippen LogP contribution in [0, 0.1) is 0 Å². The number of nitrogens with one attached hydrogen (secondary N) is 2. The van der Waals surface area contributed by atoms with E-state index >= 15 is 0 Å². The van der Waals surface area contributed by atoms with Crippen molar-refractivity contribution >= 4 is 34.9 Å². The number of hydrogen-bond acceptors (Lipinski definition) is 6. The fourth-order valence-electron chi connectivity index (χ4n) is 3.00. The summed E-state index contributed by atoms with van der Waals surface area (Å²) < 4.78 is 19.2. The molecular weight excluding hydrogens is 428 g/mol. The lowest BCUT2D eigenvalue weighted by atomic mass is 10.2. The number of methoxy groups -OCH3 is 1. The number of furan rings is 1. The Morgan fingerprint density at radius 3 is 2.62 bits per heavy atom. The Labute approximate surface area is 188 Å². The Morgan fingerprint density at radius 2 is 1.78 bits per heavy atom. The first-order valence-corrected chi connectivity index (χ1v) is 10.6. The van der Waals surface area contributed by atoms with Gasteiger partial charge in [-0.3, -0.25) is 14.8 Å². The predicted octanol–water partition coefficient (Wildman–Crippen LogP) is 5.17. The molecule has 0 saturated heterocycles. The third-order valence-electron chi connectivity index (χ3n) is 4.53. The second kappa shape index (κ2) is 9.93. The minimum Gasteiger partial charge on any atom is -0.496 e. The topological polar surface area (TPSA) is 89.8 Å². The van der Waals surface area contributed by atoms with E-state index in [1.54, 1.807) is 25.3 Å². The Hall–Kier alpha value is -3.91. The molecule has 3 aromatic carbocycles. The predicted molar refractivity (Wildman–Crippen MR) is 122 cm³/mol. The number of amides is 3. The highest BCUT2D eigenvalue weighted by Gasteiger charge is 2.15. The van der Waals surface area contributed by atoms with Gasteiger partial charge < -0.3 is 13.9 Å². The van der Waals surface area contributed by atoms with Crippen LogP contribution in [0.25, 0.3) is 11.0 Å². The summed E-state index contributed by atoms with van der Waals surface area (Å²) in [6.07, 6.45) is 0. The molecule has 162 valence electrons. The van der Waals surface area contributed by atoms with Gasteiger partial charge in [0.15, 0.2) is 5.76 Å². The van der Waals surface area contributed by atoms with Crippen LogP contribution in [0.15, 0.2) is 88.2 Å². The lowest BCUT2D eigenvalue weighted by Gasteiger charge is -2.11. The molecule has 0 fully saturated rings. The van der Waals surface area contributed by atoms with Crippen molar-refractivity contribution in [2.24, 2.45) is 0 Å². The molecule has 4 aromatic rings. The van der Waals surface area contributed by atoms with Crippen molar-refractivity contribution in [3.63, 3.8) is 0 Å². The van der Waals surface area contributed by atoms with E-state index in [9.17, 15) is 9.59 Å². The maximum atomic E-state index is 12.3. The first-order chi connectivity index (χ1) is 15.6. The van der Waals surface area contributed by atoms with Crippen LogP contribution in [0.5, 0.6) is 11.5 Å². The van der Waals surface area contributed by atoms with Crippen molar-refractivity contribution in [1.82, 2.24) is 10.0 Å². The Balaban J connectivity index is 1.30. The van der Waals surface area contributed by atoms with Crippen LogP contribution in [-0.2, 0) is 6.61 Å². The fourth-order valence-corrected chi connectivity index (χ4v) is 3.58. The van der Waals surface area contributed by atoms with Crippen molar-refractivity contribution in [1.29, 1.82) is 0 Å². The first-order valence-electron chi connectivity index (χ1n) is 9.74. The molecule has 0 bridgehead atoms. The molecule has 0 aliphatic rings. The van der Waals surface area contributed by atoms with E-state index < -0.39 is 11.9 Å². The molecule has 0 spiro atoms. The van der Waals surface area contributed by atoms with Gasteiger partial charge in [0.05, 0.1) is 7.11 Å². The molecule has 32 heavy (non-hydrogen) atoms. The monoisotopic (exact) mass is 448 g/mol. The molecule has 1 heterocycles. The summed E-state index contributed by atoms with van der Waals surface area (Å²) in [4.78, 5) is 25.1. The molecule has 3 amide bonds. The molecule has 0 unspecified atom stereocenters. The number of carbonyl (C=O) groups excluding carboxylic acids is 2. The second-order valence-corrected chi connectivity index (χ2v) is 7.59. The summed E-state index contributed by atoms with van der Waals surface area (Å²) in [5, 5.41) is 3.04. The van der Waals surface area contributed by atoms with E-state index in [1.165, 1.54) is 0 Å². The lowest BCUT2D eigenvalue weighted by molar-refractivity contribution is 0.0940. The zero-order valence-electron chi connectivity index (χ0n) is 17.2. The van der Waals surface area contributed by atoms with Gasteiger partial charge in [-0.1, -0.05) is 42.5 Å². The van der Waals surface area contributed by atoms with Gasteiger partial charge >= 0.3 is 6.03 Å². The van der Waals surface area contributed by atoms with E-state index in [0.29, 0.717) is 17.9 Å². The number of rotatable bonds is 7. The third-order valence-corrected chi connectivity index (χ3v) is 5.31. The minimum absolute atomic E-state index is 0.0677. The molecule has 2 N–H and O–H groups in total. The van der Waals surface area contributed by atoms with Gasteiger partial charge in [0.25, 0.3) is 5.91 Å². The van der Waals surface area contributed by atoms with E-state index in [-0.39, 0.29) is 5.76 Å². The quantitative estimate of drug-likeness (QED) is 0.379. The molecule has 0 aliphatic carbocycles. The summed E-state index contributed by atoms with van der Waals surface area (Å²) in [6.45, 7) is 0.345. The number of ether oxygens (including phenoxy) is 2. The standard InChI is InChI=1S/C24H20N2O5S/c1-29-20-11-4-3-8-17(20)15-30-18-9-6-10-19(14-18)32-26-24(28)25-23(27)22-13-16-7-2-5-12-21(16)31-22/h2-14H,15H2,1H3,(H2,25,26,27,28). The Bertz CT molecular complexity index is 1220. The summed E-state index contributed by atoms with van der Waals surface area (Å²) in [5.41, 5.74) is 1.51. The van der Waals surface area contributed by atoms with Gasteiger partial charge in [0.1, 0.15) is 23.7 Å². The van der Waals surface area contributed by atoms with E-state index in [4.69, 9.17) is 13.9 Å². The number of urea groups is 1. The van der Waals surface area contributed by atoms with Gasteiger partial charge in [0, 0.05) is 15.8 Å². The number of fused-ring (bicyclic) bond motifs is 1. The van der Waals surface area contributed by atoms with E-state index in [1.807, 2.05) is 60.7 Å². The smallest absolute Gasteiger partial charge is 0.332 e. The Kier molecular flexibility index (Phi) is 6.62. The van der Waals surface area contributed by atoms with Gasteiger partial charge in [-0.05, 0) is 48.3 Å². The molecule has 1 aromatic heterocycles. The highest BCUT2D eigenvalue weighted by molar-refractivity contribution is 7.98.